The Hall–Kier alpha value is -5.11. The first-order valence-electron chi connectivity index (χ1n) is 13.6. The highest BCUT2D eigenvalue weighted by Crippen LogP contribution is 2.39. The zero-order valence-electron chi connectivity index (χ0n) is 23.2. The van der Waals surface area contributed by atoms with Gasteiger partial charge in [-0.05, 0) is 66.9 Å². The average Bonchev–Trinajstić information content (AvgIpc) is 3.57. The predicted octanol–water partition coefficient (Wildman–Crippen LogP) is 6.46. The number of hydrogen-bond acceptors (Lipinski definition) is 4. The Bertz CT molecular complexity index is 1720. The number of nitrogens with zero attached hydrogens (tertiary/aromatic N) is 4. The van der Waals surface area contributed by atoms with E-state index in [0.717, 1.165) is 40.4 Å². The molecule has 3 heterocycles. The van der Waals surface area contributed by atoms with E-state index in [-0.39, 0.29) is 12.1 Å². The Balaban J connectivity index is 1.49. The highest BCUT2D eigenvalue weighted by Gasteiger charge is 2.36. The van der Waals surface area contributed by atoms with Gasteiger partial charge >= 0.3 is 12.0 Å². The van der Waals surface area contributed by atoms with Crippen molar-refractivity contribution < 1.29 is 14.3 Å². The number of fused-ring (bicyclic) bond motifs is 3. The van der Waals surface area contributed by atoms with Crippen molar-refractivity contribution in [3.63, 3.8) is 0 Å². The van der Waals surface area contributed by atoms with Gasteiger partial charge in [-0.1, -0.05) is 55.5 Å². The summed E-state index contributed by atoms with van der Waals surface area (Å²) in [5, 5.41) is 7.94. The van der Waals surface area contributed by atoms with Gasteiger partial charge in [0.2, 0.25) is 0 Å². The minimum absolute atomic E-state index is 0.288. The third-order valence-corrected chi connectivity index (χ3v) is 7.59. The Labute approximate surface area is 238 Å². The number of ether oxygens (including phenoxy) is 1. The van der Waals surface area contributed by atoms with E-state index in [9.17, 15) is 9.59 Å². The summed E-state index contributed by atoms with van der Waals surface area (Å²) in [6.07, 6.45) is 2.96. The molecule has 41 heavy (non-hydrogen) atoms. The van der Waals surface area contributed by atoms with E-state index in [1.54, 1.807) is 24.3 Å². The van der Waals surface area contributed by atoms with Crippen molar-refractivity contribution >= 4 is 17.7 Å². The molecule has 1 atom stereocenters. The maximum absolute atomic E-state index is 14.2. The van der Waals surface area contributed by atoms with Crippen LogP contribution in [0, 0.1) is 6.92 Å². The summed E-state index contributed by atoms with van der Waals surface area (Å²) in [5.41, 5.74) is 6.79. The van der Waals surface area contributed by atoms with Crippen molar-refractivity contribution in [3.8, 4) is 11.5 Å². The third kappa shape index (κ3) is 4.78. The molecule has 1 aliphatic rings. The molecule has 0 bridgehead atoms. The zero-order chi connectivity index (χ0) is 28.5. The van der Waals surface area contributed by atoms with Crippen molar-refractivity contribution in [1.29, 1.82) is 0 Å². The molecule has 8 nitrogen and oxygen atoms in total. The quantitative estimate of drug-likeness (QED) is 0.257. The van der Waals surface area contributed by atoms with Gasteiger partial charge in [0.1, 0.15) is 5.82 Å². The zero-order valence-corrected chi connectivity index (χ0v) is 23.2. The minimum atomic E-state index is -0.462. The number of hydrogen-bond donors (Lipinski definition) is 1. The average molecular weight is 546 g/mol. The fraction of sp³-hybridized carbons (Fsp3) is 0.182. The van der Waals surface area contributed by atoms with Gasteiger partial charge in [-0.15, -0.1) is 0 Å². The van der Waals surface area contributed by atoms with Crippen LogP contribution in [0.2, 0.25) is 0 Å². The second-order valence-electron chi connectivity index (χ2n) is 10.1. The minimum Gasteiger partial charge on any atom is -0.465 e. The maximum Gasteiger partial charge on any atom is 0.337 e. The fourth-order valence-electron chi connectivity index (χ4n) is 5.47. The van der Waals surface area contributed by atoms with Crippen LogP contribution in [-0.2, 0) is 17.7 Å². The molecular formula is C33H31N5O3. The number of nitrogens with one attached hydrogen (secondary N) is 1. The van der Waals surface area contributed by atoms with E-state index in [1.165, 1.54) is 12.7 Å². The summed E-state index contributed by atoms with van der Waals surface area (Å²) < 4.78 is 8.97. The van der Waals surface area contributed by atoms with E-state index in [1.807, 2.05) is 59.1 Å². The van der Waals surface area contributed by atoms with E-state index in [2.05, 4.69) is 47.1 Å². The summed E-state index contributed by atoms with van der Waals surface area (Å²) in [6, 6.07) is 28.6. The van der Waals surface area contributed by atoms with Gasteiger partial charge < -0.3 is 19.5 Å². The van der Waals surface area contributed by atoms with Crippen molar-refractivity contribution in [1.82, 2.24) is 19.2 Å². The van der Waals surface area contributed by atoms with Gasteiger partial charge in [0.15, 0.2) is 0 Å². The third-order valence-electron chi connectivity index (χ3n) is 7.59. The van der Waals surface area contributed by atoms with Gasteiger partial charge in [0.25, 0.3) is 0 Å². The smallest absolute Gasteiger partial charge is 0.337 e. The molecule has 5 aromatic rings. The monoisotopic (exact) mass is 545 g/mol. The lowest BCUT2D eigenvalue weighted by atomic mass is 9.99. The van der Waals surface area contributed by atoms with Crippen LogP contribution in [-0.4, -0.2) is 38.4 Å². The summed E-state index contributed by atoms with van der Waals surface area (Å²) in [4.78, 5) is 28.1. The van der Waals surface area contributed by atoms with Crippen LogP contribution in [0.1, 0.15) is 51.4 Å². The van der Waals surface area contributed by atoms with Gasteiger partial charge in [0.05, 0.1) is 42.3 Å². The van der Waals surface area contributed by atoms with E-state index < -0.39 is 5.97 Å². The SMILES string of the molecule is CCc1ccc(C2c3cccn3-c3c(c(C)nn3-c3ccccc3)CN2C(=O)Nc2cccc(C(=O)OC)c2)cc1. The molecule has 0 fully saturated rings. The Kier molecular flexibility index (Phi) is 6.89. The molecule has 0 radical (unpaired) electrons. The Morgan fingerprint density at radius 3 is 2.49 bits per heavy atom. The number of amides is 2. The number of methoxy groups -OCH3 is 1. The number of anilines is 1. The summed E-state index contributed by atoms with van der Waals surface area (Å²) in [5.74, 6) is 0.447. The number of esters is 1. The summed E-state index contributed by atoms with van der Waals surface area (Å²) in [7, 11) is 1.34. The lowest BCUT2D eigenvalue weighted by molar-refractivity contribution is 0.0600. The molecule has 0 saturated carbocycles. The van der Waals surface area contributed by atoms with E-state index in [4.69, 9.17) is 9.84 Å². The predicted molar refractivity (Wildman–Crippen MR) is 158 cm³/mol. The molecule has 1 aliphatic heterocycles. The summed E-state index contributed by atoms with van der Waals surface area (Å²) >= 11 is 0. The first-order valence-corrected chi connectivity index (χ1v) is 13.6. The number of benzene rings is 3. The number of urea groups is 1. The molecule has 0 spiro atoms. The molecule has 0 aliphatic carbocycles. The molecule has 1 N–H and O–H groups in total. The first kappa shape index (κ1) is 26.1. The lowest BCUT2D eigenvalue weighted by Gasteiger charge is -2.31. The van der Waals surface area contributed by atoms with Crippen LogP contribution in [0.15, 0.2) is 97.2 Å². The van der Waals surface area contributed by atoms with Crippen LogP contribution in [0.4, 0.5) is 10.5 Å². The second kappa shape index (κ2) is 10.8. The van der Waals surface area contributed by atoms with Crippen LogP contribution >= 0.6 is 0 Å². The molecule has 206 valence electrons. The van der Waals surface area contributed by atoms with E-state index in [0.29, 0.717) is 17.8 Å². The summed E-state index contributed by atoms with van der Waals surface area (Å²) in [6.45, 7) is 4.44. The standard InChI is InChI=1S/C33H31N5O3/c1-4-23-15-17-24(18-16-23)30-29-14-9-19-36(29)31-28(22(2)35-38(31)27-12-6-5-7-13-27)21-37(30)33(40)34-26-11-8-10-25(20-26)32(39)41-3/h5-20,30H,4,21H2,1-3H3,(H,34,40). The van der Waals surface area contributed by atoms with Gasteiger partial charge in [-0.25, -0.2) is 14.3 Å². The van der Waals surface area contributed by atoms with Crippen LogP contribution in [0.5, 0.6) is 0 Å². The van der Waals surface area contributed by atoms with Gasteiger partial charge in [-0.3, -0.25) is 0 Å². The topological polar surface area (TPSA) is 81.4 Å². The number of carbonyl (C=O) groups is 2. The highest BCUT2D eigenvalue weighted by molar-refractivity contribution is 5.94. The van der Waals surface area contributed by atoms with Crippen LogP contribution in [0.3, 0.4) is 0 Å². The lowest BCUT2D eigenvalue weighted by Crippen LogP contribution is -2.38. The van der Waals surface area contributed by atoms with Crippen molar-refractivity contribution in [2.24, 2.45) is 0 Å². The normalized spacial score (nSPS) is 14.1. The molecule has 8 heteroatoms. The van der Waals surface area contributed by atoms with Gasteiger partial charge in [0, 0.05) is 17.4 Å². The molecule has 6 rings (SSSR count). The molecule has 2 aromatic heterocycles. The number of aryl methyl sites for hydroxylation is 2. The molecule has 1 unspecified atom stereocenters. The largest absolute Gasteiger partial charge is 0.465 e. The molecule has 0 saturated heterocycles. The van der Waals surface area contributed by atoms with Gasteiger partial charge in [-0.2, -0.15) is 5.10 Å². The van der Waals surface area contributed by atoms with E-state index >= 15 is 0 Å². The van der Waals surface area contributed by atoms with Crippen molar-refractivity contribution in [3.05, 3.63) is 131 Å². The number of aromatic nitrogens is 3. The number of rotatable bonds is 5. The maximum atomic E-state index is 14.2. The first-order chi connectivity index (χ1) is 20.0. The Morgan fingerprint density at radius 2 is 1.76 bits per heavy atom. The molecule has 3 aromatic carbocycles. The fourth-order valence-corrected chi connectivity index (χ4v) is 5.47. The van der Waals surface area contributed by atoms with Crippen molar-refractivity contribution in [2.75, 3.05) is 12.4 Å². The Morgan fingerprint density at radius 1 is 0.976 bits per heavy atom. The van der Waals surface area contributed by atoms with Crippen molar-refractivity contribution in [2.45, 2.75) is 32.9 Å². The molecular weight excluding hydrogens is 514 g/mol. The second-order valence-corrected chi connectivity index (χ2v) is 10.1. The number of carbonyl (C=O) groups excluding carboxylic acids is 2. The van der Waals surface area contributed by atoms with Crippen LogP contribution in [0.25, 0.3) is 11.5 Å². The number of para-hydroxylation sites is 1. The van der Waals surface area contributed by atoms with Crippen LogP contribution < -0.4 is 5.32 Å². The molecule has 2 amide bonds. The highest BCUT2D eigenvalue weighted by atomic mass is 16.5.